The Balaban J connectivity index is 2.48. The van der Waals surface area contributed by atoms with E-state index in [4.69, 9.17) is 6.92 Å². The Morgan fingerprint density at radius 2 is 2.00 bits per heavy atom. The number of carbonyl (C=O) groups excluding carboxylic acids is 1. The van der Waals surface area contributed by atoms with Crippen molar-refractivity contribution in [2.75, 3.05) is 0 Å². The van der Waals surface area contributed by atoms with E-state index in [0.29, 0.717) is 6.42 Å². The summed E-state index contributed by atoms with van der Waals surface area (Å²) >= 11 is 0. The lowest BCUT2D eigenvalue weighted by atomic mass is 9.88. The van der Waals surface area contributed by atoms with Crippen molar-refractivity contribution in [3.8, 4) is 0 Å². The lowest BCUT2D eigenvalue weighted by Crippen LogP contribution is -2.14. The first-order valence-electron chi connectivity index (χ1n) is 4.43. The van der Waals surface area contributed by atoms with Crippen molar-refractivity contribution in [1.29, 1.82) is 0 Å². The van der Waals surface area contributed by atoms with Crippen molar-refractivity contribution in [1.82, 2.24) is 0 Å². The van der Waals surface area contributed by atoms with Gasteiger partial charge in [-0.1, -0.05) is 37.3 Å². The van der Waals surface area contributed by atoms with Crippen molar-refractivity contribution in [3.05, 3.63) is 42.8 Å². The summed E-state index contributed by atoms with van der Waals surface area (Å²) in [5, 5.41) is 0. The first-order chi connectivity index (χ1) is 6.14. The van der Waals surface area contributed by atoms with Crippen molar-refractivity contribution >= 4 is 6.29 Å². The quantitative estimate of drug-likeness (QED) is 0.641. The minimum absolute atomic E-state index is 0.685. The van der Waals surface area contributed by atoms with Gasteiger partial charge in [0.1, 0.15) is 6.29 Å². The molecule has 0 aliphatic carbocycles. The zero-order valence-electron chi connectivity index (χ0n) is 7.86. The summed E-state index contributed by atoms with van der Waals surface area (Å²) in [6.45, 7) is 7.45. The molecule has 0 N–H and O–H groups in total. The van der Waals surface area contributed by atoms with Gasteiger partial charge in [-0.3, -0.25) is 0 Å². The SMILES string of the molecule is [CH][C@](C)(C=O)CCc1ccccc1. The van der Waals surface area contributed by atoms with Gasteiger partial charge < -0.3 is 4.79 Å². The Morgan fingerprint density at radius 1 is 1.38 bits per heavy atom. The molecule has 1 rings (SSSR count). The van der Waals surface area contributed by atoms with E-state index in [1.54, 1.807) is 6.92 Å². The maximum atomic E-state index is 10.5. The monoisotopic (exact) mass is 174 g/mol. The molecule has 1 aromatic carbocycles. The zero-order valence-corrected chi connectivity index (χ0v) is 7.86. The molecule has 0 aliphatic rings. The molecule has 1 nitrogen and oxygen atoms in total. The Hall–Kier alpha value is -1.11. The van der Waals surface area contributed by atoms with Crippen molar-refractivity contribution in [2.24, 2.45) is 5.41 Å². The lowest BCUT2D eigenvalue weighted by molar-refractivity contribution is -0.113. The average molecular weight is 174 g/mol. The van der Waals surface area contributed by atoms with Crippen LogP contribution in [0, 0.1) is 12.3 Å². The van der Waals surface area contributed by atoms with E-state index >= 15 is 0 Å². The van der Waals surface area contributed by atoms with Gasteiger partial charge in [0, 0.05) is 5.41 Å². The molecule has 13 heavy (non-hydrogen) atoms. The van der Waals surface area contributed by atoms with Gasteiger partial charge >= 0.3 is 0 Å². The number of carbonyl (C=O) groups is 1. The van der Waals surface area contributed by atoms with Crippen molar-refractivity contribution in [3.63, 3.8) is 0 Å². The summed E-state index contributed by atoms with van der Waals surface area (Å²) < 4.78 is 0. The largest absolute Gasteiger partial charge is 0.303 e. The van der Waals surface area contributed by atoms with Gasteiger partial charge in [-0.25, -0.2) is 0 Å². The molecule has 1 aromatic rings. The number of aldehydes is 1. The van der Waals surface area contributed by atoms with Gasteiger partial charge in [-0.15, -0.1) is 0 Å². The molecule has 1 atom stereocenters. The second kappa shape index (κ2) is 4.22. The normalized spacial score (nSPS) is 11.2. The van der Waals surface area contributed by atoms with E-state index in [-0.39, 0.29) is 0 Å². The maximum Gasteiger partial charge on any atom is 0.126 e. The van der Waals surface area contributed by atoms with Crippen LogP contribution in [0.3, 0.4) is 0 Å². The van der Waals surface area contributed by atoms with Crippen LogP contribution in [0.4, 0.5) is 0 Å². The molecule has 1 heteroatoms. The van der Waals surface area contributed by atoms with Crippen LogP contribution in [0.2, 0.25) is 0 Å². The maximum absolute atomic E-state index is 10.5. The van der Waals surface area contributed by atoms with Crippen LogP contribution < -0.4 is 0 Å². The highest BCUT2D eigenvalue weighted by Crippen LogP contribution is 2.18. The van der Waals surface area contributed by atoms with Crippen LogP contribution in [0.1, 0.15) is 18.9 Å². The molecule has 0 aromatic heterocycles. The van der Waals surface area contributed by atoms with Crippen LogP contribution in [-0.2, 0) is 11.2 Å². The second-order valence-corrected chi connectivity index (χ2v) is 3.61. The fourth-order valence-electron chi connectivity index (χ4n) is 1.12. The predicted octanol–water partition coefficient (Wildman–Crippen LogP) is 2.54. The highest BCUT2D eigenvalue weighted by atomic mass is 16.1. The van der Waals surface area contributed by atoms with E-state index in [0.717, 1.165) is 12.7 Å². The standard InChI is InChI=1S/C12H14O/c1-12(2,10-13)9-8-11-6-4-3-5-7-11/h1,3-7,10H,8-9H2,2H3/t12-/m1/s1. The van der Waals surface area contributed by atoms with E-state index in [2.05, 4.69) is 0 Å². The first kappa shape index (κ1) is 9.97. The minimum Gasteiger partial charge on any atom is -0.303 e. The molecule has 0 heterocycles. The Morgan fingerprint density at radius 3 is 2.54 bits per heavy atom. The molecule has 0 unspecified atom stereocenters. The third kappa shape index (κ3) is 3.41. The molecule has 0 bridgehead atoms. The Labute approximate surface area is 79.8 Å². The fourth-order valence-corrected chi connectivity index (χ4v) is 1.12. The molecule has 0 fully saturated rings. The number of benzene rings is 1. The van der Waals surface area contributed by atoms with E-state index in [9.17, 15) is 4.79 Å². The summed E-state index contributed by atoms with van der Waals surface area (Å²) in [7, 11) is 0. The van der Waals surface area contributed by atoms with Crippen LogP contribution in [0.15, 0.2) is 30.3 Å². The Bertz CT molecular complexity index is 262. The van der Waals surface area contributed by atoms with Crippen LogP contribution in [-0.4, -0.2) is 6.29 Å². The minimum atomic E-state index is -0.685. The van der Waals surface area contributed by atoms with Crippen LogP contribution in [0.25, 0.3) is 0 Å². The molecule has 0 spiro atoms. The molecule has 0 saturated carbocycles. The van der Waals surface area contributed by atoms with Gasteiger partial charge in [0.25, 0.3) is 0 Å². The summed E-state index contributed by atoms with van der Waals surface area (Å²) in [6, 6.07) is 10.0. The fraction of sp³-hybridized carbons (Fsp3) is 0.333. The Kier molecular flexibility index (Phi) is 3.24. The van der Waals surface area contributed by atoms with E-state index < -0.39 is 5.41 Å². The number of aryl methyl sites for hydroxylation is 1. The van der Waals surface area contributed by atoms with Crippen molar-refractivity contribution < 1.29 is 4.79 Å². The topological polar surface area (TPSA) is 17.1 Å². The molecular formula is C12H14O. The van der Waals surface area contributed by atoms with Gasteiger partial charge in [0.15, 0.2) is 0 Å². The highest BCUT2D eigenvalue weighted by Gasteiger charge is 2.16. The summed E-state index contributed by atoms with van der Waals surface area (Å²) in [5.74, 6) is 0. The summed E-state index contributed by atoms with van der Waals surface area (Å²) in [4.78, 5) is 10.5. The van der Waals surface area contributed by atoms with E-state index in [1.165, 1.54) is 5.56 Å². The third-order valence-corrected chi connectivity index (χ3v) is 2.06. The highest BCUT2D eigenvalue weighted by molar-refractivity contribution is 5.59. The molecular weight excluding hydrogens is 160 g/mol. The van der Waals surface area contributed by atoms with Gasteiger partial charge in [-0.05, 0) is 25.3 Å². The molecule has 2 radical (unpaired) electrons. The number of rotatable bonds is 4. The van der Waals surface area contributed by atoms with Gasteiger partial charge in [0.2, 0.25) is 0 Å². The van der Waals surface area contributed by atoms with Crippen LogP contribution >= 0.6 is 0 Å². The summed E-state index contributed by atoms with van der Waals surface area (Å²) in [6.07, 6.45) is 2.36. The zero-order chi connectivity index (χ0) is 9.73. The smallest absolute Gasteiger partial charge is 0.126 e. The molecule has 68 valence electrons. The lowest BCUT2D eigenvalue weighted by Gasteiger charge is -2.15. The van der Waals surface area contributed by atoms with Gasteiger partial charge in [-0.2, -0.15) is 0 Å². The molecule has 0 amide bonds. The molecule has 0 aliphatic heterocycles. The second-order valence-electron chi connectivity index (χ2n) is 3.61. The number of hydrogen-bond acceptors (Lipinski definition) is 1. The predicted molar refractivity (Wildman–Crippen MR) is 53.2 cm³/mol. The summed E-state index contributed by atoms with van der Waals surface area (Å²) in [5.41, 5.74) is 0.538. The first-order valence-corrected chi connectivity index (χ1v) is 4.43. The third-order valence-electron chi connectivity index (χ3n) is 2.06. The van der Waals surface area contributed by atoms with Crippen LogP contribution in [0.5, 0.6) is 0 Å². The van der Waals surface area contributed by atoms with E-state index in [1.807, 2.05) is 30.3 Å². The average Bonchev–Trinajstić information content (AvgIpc) is 2.17. The number of hydrogen-bond donors (Lipinski definition) is 0. The van der Waals surface area contributed by atoms with Gasteiger partial charge in [0.05, 0.1) is 0 Å². The molecule has 0 saturated heterocycles. The van der Waals surface area contributed by atoms with Crippen molar-refractivity contribution in [2.45, 2.75) is 19.8 Å².